The summed E-state index contributed by atoms with van der Waals surface area (Å²) in [6.07, 6.45) is 3.79. The highest BCUT2D eigenvalue weighted by atomic mass is 19.1. The lowest BCUT2D eigenvalue weighted by molar-refractivity contribution is 0.111. The number of rotatable bonds is 6. The number of hydrogen-bond acceptors (Lipinski definition) is 2. The summed E-state index contributed by atoms with van der Waals surface area (Å²) >= 11 is 0. The number of nitrogens with one attached hydrogen (secondary N) is 2. The monoisotopic (exact) mass is 280 g/mol. The Balaban J connectivity index is 1.55. The van der Waals surface area contributed by atoms with Crippen molar-refractivity contribution in [2.45, 2.75) is 31.8 Å². The quantitative estimate of drug-likeness (QED) is 0.785. The standard InChI is InChI=1S/C15H21FN2O2/c16-13-6-1-4-12(10-13)5-2-8-17-15(19)18-11-14-7-3-9-20-14/h1,4,6,10,14H,2-3,5,7-9,11H2,(H2,17,18,19). The van der Waals surface area contributed by atoms with Crippen molar-refractivity contribution in [1.82, 2.24) is 10.6 Å². The fourth-order valence-electron chi connectivity index (χ4n) is 2.26. The fraction of sp³-hybridized carbons (Fsp3) is 0.533. The van der Waals surface area contributed by atoms with Crippen LogP contribution >= 0.6 is 0 Å². The van der Waals surface area contributed by atoms with E-state index in [4.69, 9.17) is 4.74 Å². The fourth-order valence-corrected chi connectivity index (χ4v) is 2.26. The van der Waals surface area contributed by atoms with Crippen molar-refractivity contribution in [2.75, 3.05) is 19.7 Å². The number of hydrogen-bond donors (Lipinski definition) is 2. The molecule has 1 atom stereocenters. The molecule has 1 unspecified atom stereocenters. The second-order valence-corrected chi connectivity index (χ2v) is 5.01. The minimum Gasteiger partial charge on any atom is -0.376 e. The van der Waals surface area contributed by atoms with Crippen molar-refractivity contribution in [3.8, 4) is 0 Å². The van der Waals surface area contributed by atoms with Crippen LogP contribution in [0.15, 0.2) is 24.3 Å². The Morgan fingerprint density at radius 1 is 1.40 bits per heavy atom. The van der Waals surface area contributed by atoms with Gasteiger partial charge >= 0.3 is 6.03 Å². The van der Waals surface area contributed by atoms with E-state index in [9.17, 15) is 9.18 Å². The lowest BCUT2D eigenvalue weighted by atomic mass is 10.1. The normalized spacial score (nSPS) is 17.9. The van der Waals surface area contributed by atoms with E-state index in [0.29, 0.717) is 13.1 Å². The lowest BCUT2D eigenvalue weighted by Crippen LogP contribution is -2.40. The Morgan fingerprint density at radius 3 is 3.05 bits per heavy atom. The number of benzene rings is 1. The Kier molecular flexibility index (Phi) is 5.80. The van der Waals surface area contributed by atoms with Gasteiger partial charge in [-0.15, -0.1) is 0 Å². The van der Waals surface area contributed by atoms with Crippen molar-refractivity contribution < 1.29 is 13.9 Å². The van der Waals surface area contributed by atoms with Crippen LogP contribution in [0.4, 0.5) is 9.18 Å². The van der Waals surface area contributed by atoms with Crippen molar-refractivity contribution in [3.05, 3.63) is 35.6 Å². The first-order chi connectivity index (χ1) is 9.74. The molecule has 1 aromatic rings. The van der Waals surface area contributed by atoms with Gasteiger partial charge in [-0.1, -0.05) is 12.1 Å². The molecule has 4 nitrogen and oxygen atoms in total. The van der Waals surface area contributed by atoms with Gasteiger partial charge in [0.05, 0.1) is 6.10 Å². The first kappa shape index (κ1) is 14.8. The summed E-state index contributed by atoms with van der Waals surface area (Å²) in [5.41, 5.74) is 0.951. The van der Waals surface area contributed by atoms with Crippen LogP contribution in [0.2, 0.25) is 0 Å². The Morgan fingerprint density at radius 2 is 2.30 bits per heavy atom. The summed E-state index contributed by atoms with van der Waals surface area (Å²) in [5.74, 6) is -0.218. The minimum absolute atomic E-state index is 0.160. The molecule has 0 spiro atoms. The molecular formula is C15H21FN2O2. The number of aryl methyl sites for hydroxylation is 1. The summed E-state index contributed by atoms with van der Waals surface area (Å²) < 4.78 is 18.4. The van der Waals surface area contributed by atoms with Crippen LogP contribution in [0.25, 0.3) is 0 Å². The van der Waals surface area contributed by atoms with Crippen LogP contribution in [-0.4, -0.2) is 31.8 Å². The molecular weight excluding hydrogens is 259 g/mol. The van der Waals surface area contributed by atoms with Gasteiger partial charge in [-0.2, -0.15) is 0 Å². The van der Waals surface area contributed by atoms with Gasteiger partial charge in [-0.3, -0.25) is 0 Å². The van der Waals surface area contributed by atoms with E-state index >= 15 is 0 Å². The smallest absolute Gasteiger partial charge is 0.314 e. The van der Waals surface area contributed by atoms with Gasteiger partial charge in [0.2, 0.25) is 0 Å². The summed E-state index contributed by atoms with van der Waals surface area (Å²) in [4.78, 5) is 11.5. The summed E-state index contributed by atoms with van der Waals surface area (Å²) in [7, 11) is 0. The van der Waals surface area contributed by atoms with Crippen molar-refractivity contribution in [1.29, 1.82) is 0 Å². The first-order valence-corrected chi connectivity index (χ1v) is 7.12. The summed E-state index contributed by atoms with van der Waals surface area (Å²) in [6, 6.07) is 6.38. The van der Waals surface area contributed by atoms with E-state index in [-0.39, 0.29) is 18.0 Å². The molecule has 2 N–H and O–H groups in total. The third kappa shape index (κ3) is 5.17. The van der Waals surface area contributed by atoms with Gasteiger partial charge in [0, 0.05) is 19.7 Å². The van der Waals surface area contributed by atoms with Crippen LogP contribution < -0.4 is 10.6 Å². The molecule has 0 aliphatic carbocycles. The molecule has 5 heteroatoms. The molecule has 2 amide bonds. The molecule has 1 aliphatic heterocycles. The molecule has 1 heterocycles. The van der Waals surface area contributed by atoms with E-state index < -0.39 is 0 Å². The predicted molar refractivity (Wildman–Crippen MR) is 75.1 cm³/mol. The molecule has 2 rings (SSSR count). The van der Waals surface area contributed by atoms with Crippen LogP contribution in [0, 0.1) is 5.82 Å². The third-order valence-electron chi connectivity index (χ3n) is 3.33. The van der Waals surface area contributed by atoms with Crippen LogP contribution in [0.1, 0.15) is 24.8 Å². The maximum Gasteiger partial charge on any atom is 0.314 e. The summed E-state index contributed by atoms with van der Waals surface area (Å²) in [5, 5.41) is 5.59. The second-order valence-electron chi connectivity index (χ2n) is 5.01. The molecule has 1 aromatic carbocycles. The Bertz CT molecular complexity index is 434. The summed E-state index contributed by atoms with van der Waals surface area (Å²) in [6.45, 7) is 1.94. The maximum atomic E-state index is 13.0. The molecule has 20 heavy (non-hydrogen) atoms. The average Bonchev–Trinajstić information content (AvgIpc) is 2.95. The number of carbonyl (C=O) groups is 1. The maximum absolute atomic E-state index is 13.0. The molecule has 0 saturated carbocycles. The van der Waals surface area contributed by atoms with Crippen LogP contribution in [0.3, 0.4) is 0 Å². The highest BCUT2D eigenvalue weighted by molar-refractivity contribution is 5.73. The van der Waals surface area contributed by atoms with E-state index in [1.807, 2.05) is 6.07 Å². The van der Waals surface area contributed by atoms with E-state index in [0.717, 1.165) is 37.9 Å². The topological polar surface area (TPSA) is 50.4 Å². The molecule has 0 radical (unpaired) electrons. The molecule has 0 aromatic heterocycles. The molecule has 0 bridgehead atoms. The van der Waals surface area contributed by atoms with Gasteiger partial charge in [-0.05, 0) is 43.4 Å². The zero-order chi connectivity index (χ0) is 14.2. The highest BCUT2D eigenvalue weighted by Crippen LogP contribution is 2.10. The zero-order valence-corrected chi connectivity index (χ0v) is 11.5. The second kappa shape index (κ2) is 7.85. The molecule has 1 saturated heterocycles. The Labute approximate surface area is 118 Å². The minimum atomic E-state index is -0.218. The van der Waals surface area contributed by atoms with Gasteiger partial charge in [0.25, 0.3) is 0 Å². The SMILES string of the molecule is O=C(NCCCc1cccc(F)c1)NCC1CCCO1. The van der Waals surface area contributed by atoms with Crippen LogP contribution in [-0.2, 0) is 11.2 Å². The molecule has 110 valence electrons. The predicted octanol–water partition coefficient (Wildman–Crippen LogP) is 2.24. The van der Waals surface area contributed by atoms with Crippen molar-refractivity contribution in [2.24, 2.45) is 0 Å². The van der Waals surface area contributed by atoms with Gasteiger partial charge in [0.15, 0.2) is 0 Å². The number of amides is 2. The van der Waals surface area contributed by atoms with Gasteiger partial charge < -0.3 is 15.4 Å². The first-order valence-electron chi connectivity index (χ1n) is 7.12. The third-order valence-corrected chi connectivity index (χ3v) is 3.33. The number of urea groups is 1. The lowest BCUT2D eigenvalue weighted by Gasteiger charge is -2.11. The van der Waals surface area contributed by atoms with Gasteiger partial charge in [-0.25, -0.2) is 9.18 Å². The largest absolute Gasteiger partial charge is 0.376 e. The van der Waals surface area contributed by atoms with E-state index in [2.05, 4.69) is 10.6 Å². The van der Waals surface area contributed by atoms with E-state index in [1.54, 1.807) is 6.07 Å². The van der Waals surface area contributed by atoms with Crippen LogP contribution in [0.5, 0.6) is 0 Å². The highest BCUT2D eigenvalue weighted by Gasteiger charge is 2.15. The van der Waals surface area contributed by atoms with E-state index in [1.165, 1.54) is 12.1 Å². The number of ether oxygens (including phenoxy) is 1. The molecule has 1 fully saturated rings. The van der Waals surface area contributed by atoms with Gasteiger partial charge in [0.1, 0.15) is 5.82 Å². The number of halogens is 1. The molecule has 1 aliphatic rings. The number of carbonyl (C=O) groups excluding carboxylic acids is 1. The average molecular weight is 280 g/mol. The van der Waals surface area contributed by atoms with Crippen molar-refractivity contribution in [3.63, 3.8) is 0 Å². The zero-order valence-electron chi connectivity index (χ0n) is 11.5. The Hall–Kier alpha value is -1.62. The van der Waals surface area contributed by atoms with Crippen molar-refractivity contribution >= 4 is 6.03 Å².